The second-order valence-electron chi connectivity index (χ2n) is 3.28. The molecule has 0 bridgehead atoms. The summed E-state index contributed by atoms with van der Waals surface area (Å²) >= 11 is 17.5. The fourth-order valence-electron chi connectivity index (χ4n) is 1.27. The van der Waals surface area contributed by atoms with Gasteiger partial charge in [0.2, 0.25) is 5.88 Å². The first-order valence-corrected chi connectivity index (χ1v) is 5.81. The standard InChI is InChI=1S/C11H7Cl3N2O/c1-6-15-10(14)5-11(16-6)17-9-3-7(12)2-8(13)4-9/h2-5H,1H3. The summed E-state index contributed by atoms with van der Waals surface area (Å²) in [7, 11) is 0. The van der Waals surface area contributed by atoms with E-state index in [1.54, 1.807) is 25.1 Å². The summed E-state index contributed by atoms with van der Waals surface area (Å²) in [5.41, 5.74) is 0. The zero-order valence-corrected chi connectivity index (χ0v) is 11.0. The smallest absolute Gasteiger partial charge is 0.224 e. The maximum atomic E-state index is 5.86. The molecule has 0 atom stereocenters. The minimum Gasteiger partial charge on any atom is -0.439 e. The van der Waals surface area contributed by atoms with Gasteiger partial charge in [0.05, 0.1) is 0 Å². The van der Waals surface area contributed by atoms with Crippen LogP contribution in [-0.4, -0.2) is 9.97 Å². The van der Waals surface area contributed by atoms with Gasteiger partial charge in [-0.2, -0.15) is 4.98 Å². The van der Waals surface area contributed by atoms with Crippen molar-refractivity contribution in [1.82, 2.24) is 9.97 Å². The van der Waals surface area contributed by atoms with Crippen LogP contribution in [0.4, 0.5) is 0 Å². The molecule has 0 aliphatic carbocycles. The molecule has 1 aromatic heterocycles. The van der Waals surface area contributed by atoms with E-state index in [9.17, 15) is 0 Å². The molecule has 0 fully saturated rings. The molecule has 88 valence electrons. The number of aryl methyl sites for hydroxylation is 1. The number of hydrogen-bond acceptors (Lipinski definition) is 3. The minimum absolute atomic E-state index is 0.320. The van der Waals surface area contributed by atoms with Crippen molar-refractivity contribution in [2.45, 2.75) is 6.92 Å². The van der Waals surface area contributed by atoms with Gasteiger partial charge >= 0.3 is 0 Å². The van der Waals surface area contributed by atoms with Crippen molar-refractivity contribution in [2.24, 2.45) is 0 Å². The van der Waals surface area contributed by atoms with Gasteiger partial charge in [0.15, 0.2) is 0 Å². The molecule has 3 nitrogen and oxygen atoms in total. The Morgan fingerprint density at radius 1 is 0.941 bits per heavy atom. The number of hydrogen-bond donors (Lipinski definition) is 0. The summed E-state index contributed by atoms with van der Waals surface area (Å²) in [6.45, 7) is 1.73. The monoisotopic (exact) mass is 288 g/mol. The lowest BCUT2D eigenvalue weighted by Crippen LogP contribution is -1.93. The zero-order valence-electron chi connectivity index (χ0n) is 8.75. The van der Waals surface area contributed by atoms with Crippen molar-refractivity contribution < 1.29 is 4.74 Å². The van der Waals surface area contributed by atoms with Crippen LogP contribution in [0.5, 0.6) is 11.6 Å². The molecule has 0 saturated carbocycles. The zero-order chi connectivity index (χ0) is 12.4. The predicted molar refractivity (Wildman–Crippen MR) is 68.3 cm³/mol. The number of rotatable bonds is 2. The molecule has 17 heavy (non-hydrogen) atoms. The van der Waals surface area contributed by atoms with Gasteiger partial charge in [-0.25, -0.2) is 4.98 Å². The molecule has 0 unspecified atom stereocenters. The van der Waals surface area contributed by atoms with Crippen LogP contribution in [0.1, 0.15) is 5.82 Å². The Labute approximate surface area is 113 Å². The number of halogens is 3. The summed E-state index contributed by atoms with van der Waals surface area (Å²) in [4.78, 5) is 8.02. The fourth-order valence-corrected chi connectivity index (χ4v) is 1.99. The van der Waals surface area contributed by atoms with Crippen molar-refractivity contribution in [1.29, 1.82) is 0 Å². The van der Waals surface area contributed by atoms with Crippen LogP contribution in [-0.2, 0) is 0 Å². The summed E-state index contributed by atoms with van der Waals surface area (Å²) in [5, 5.41) is 1.30. The Balaban J connectivity index is 2.31. The Hall–Kier alpha value is -1.03. The number of benzene rings is 1. The third-order valence-corrected chi connectivity index (χ3v) is 2.47. The van der Waals surface area contributed by atoms with Gasteiger partial charge in [-0.15, -0.1) is 0 Å². The van der Waals surface area contributed by atoms with E-state index in [2.05, 4.69) is 9.97 Å². The van der Waals surface area contributed by atoms with E-state index in [-0.39, 0.29) is 0 Å². The van der Waals surface area contributed by atoms with Gasteiger partial charge in [0, 0.05) is 16.1 Å². The average molecular weight is 290 g/mol. The van der Waals surface area contributed by atoms with E-state index >= 15 is 0 Å². The van der Waals surface area contributed by atoms with E-state index < -0.39 is 0 Å². The number of nitrogens with zero attached hydrogens (tertiary/aromatic N) is 2. The first kappa shape index (κ1) is 12.4. The van der Waals surface area contributed by atoms with Crippen molar-refractivity contribution in [3.63, 3.8) is 0 Å². The lowest BCUT2D eigenvalue weighted by molar-refractivity contribution is 0.460. The van der Waals surface area contributed by atoms with Crippen molar-refractivity contribution in [3.8, 4) is 11.6 Å². The molecule has 6 heteroatoms. The Morgan fingerprint density at radius 2 is 1.59 bits per heavy atom. The van der Waals surface area contributed by atoms with E-state index in [0.717, 1.165) is 0 Å². The van der Waals surface area contributed by atoms with Crippen LogP contribution in [0.3, 0.4) is 0 Å². The minimum atomic E-state index is 0.320. The highest BCUT2D eigenvalue weighted by Crippen LogP contribution is 2.28. The lowest BCUT2D eigenvalue weighted by Gasteiger charge is -2.06. The van der Waals surface area contributed by atoms with Gasteiger partial charge in [0.1, 0.15) is 16.7 Å². The molecule has 2 rings (SSSR count). The van der Waals surface area contributed by atoms with Crippen molar-refractivity contribution in [2.75, 3.05) is 0 Å². The maximum absolute atomic E-state index is 5.86. The van der Waals surface area contributed by atoms with Crippen LogP contribution < -0.4 is 4.74 Å². The van der Waals surface area contributed by atoms with Crippen molar-refractivity contribution in [3.05, 3.63) is 45.3 Å². The molecule has 0 spiro atoms. The summed E-state index contributed by atoms with van der Waals surface area (Å²) < 4.78 is 5.50. The van der Waals surface area contributed by atoms with Gasteiger partial charge in [-0.1, -0.05) is 34.8 Å². The quantitative estimate of drug-likeness (QED) is 0.761. The summed E-state index contributed by atoms with van der Waals surface area (Å²) in [5.74, 6) is 1.37. The van der Waals surface area contributed by atoms with Crippen LogP contribution in [0, 0.1) is 6.92 Å². The first-order valence-electron chi connectivity index (χ1n) is 4.68. The number of aromatic nitrogens is 2. The van der Waals surface area contributed by atoms with Crippen LogP contribution in [0.25, 0.3) is 0 Å². The van der Waals surface area contributed by atoms with E-state index in [1.165, 1.54) is 6.07 Å². The molecule has 1 heterocycles. The largest absolute Gasteiger partial charge is 0.439 e. The molecule has 0 N–H and O–H groups in total. The second kappa shape index (κ2) is 5.08. The number of ether oxygens (including phenoxy) is 1. The van der Waals surface area contributed by atoms with Gasteiger partial charge in [-0.3, -0.25) is 0 Å². The van der Waals surface area contributed by atoms with Crippen LogP contribution in [0.15, 0.2) is 24.3 Å². The molecule has 2 aromatic rings. The summed E-state index contributed by atoms with van der Waals surface area (Å²) in [6.07, 6.45) is 0. The fraction of sp³-hybridized carbons (Fsp3) is 0.0909. The topological polar surface area (TPSA) is 35.0 Å². The van der Waals surface area contributed by atoms with Gasteiger partial charge < -0.3 is 4.74 Å². The Morgan fingerprint density at radius 3 is 2.18 bits per heavy atom. The molecular formula is C11H7Cl3N2O. The second-order valence-corrected chi connectivity index (χ2v) is 4.54. The lowest BCUT2D eigenvalue weighted by atomic mass is 10.3. The van der Waals surface area contributed by atoms with E-state index in [4.69, 9.17) is 39.5 Å². The first-order chi connectivity index (χ1) is 8.02. The maximum Gasteiger partial charge on any atom is 0.224 e. The Kier molecular flexibility index (Phi) is 3.72. The molecule has 1 aromatic carbocycles. The predicted octanol–water partition coefficient (Wildman–Crippen LogP) is 4.54. The average Bonchev–Trinajstić information content (AvgIpc) is 2.13. The van der Waals surface area contributed by atoms with Crippen LogP contribution >= 0.6 is 34.8 Å². The highest BCUT2D eigenvalue weighted by Gasteiger charge is 2.04. The van der Waals surface area contributed by atoms with Crippen molar-refractivity contribution >= 4 is 34.8 Å². The highest BCUT2D eigenvalue weighted by atomic mass is 35.5. The molecule has 0 aliphatic heterocycles. The highest BCUT2D eigenvalue weighted by molar-refractivity contribution is 6.34. The van der Waals surface area contributed by atoms with E-state index in [0.29, 0.717) is 32.7 Å². The van der Waals surface area contributed by atoms with Gasteiger partial charge in [-0.05, 0) is 25.1 Å². The van der Waals surface area contributed by atoms with E-state index in [1.807, 2.05) is 0 Å². The molecule has 0 radical (unpaired) electrons. The third kappa shape index (κ3) is 3.46. The molecular weight excluding hydrogens is 282 g/mol. The van der Waals surface area contributed by atoms with Crippen LogP contribution in [0.2, 0.25) is 15.2 Å². The normalized spacial score (nSPS) is 10.4. The third-order valence-electron chi connectivity index (χ3n) is 1.84. The molecule has 0 aliphatic rings. The molecule has 0 amide bonds. The Bertz CT molecular complexity index is 470. The SMILES string of the molecule is Cc1nc(Cl)cc(Oc2cc(Cl)cc(Cl)c2)n1. The summed E-state index contributed by atoms with van der Waals surface area (Å²) in [6, 6.07) is 6.41. The molecule has 0 saturated heterocycles. The van der Waals surface area contributed by atoms with Gasteiger partial charge in [0.25, 0.3) is 0 Å².